The largest absolute Gasteiger partial charge is 0.481 e. The van der Waals surface area contributed by atoms with E-state index in [9.17, 15) is 37.5 Å². The molecule has 1 aliphatic rings. The molecule has 4 rings (SSSR count). The number of imide groups is 1. The van der Waals surface area contributed by atoms with Crippen molar-refractivity contribution in [3.05, 3.63) is 63.1 Å². The smallest absolute Gasteiger partial charge is 0.419 e. The van der Waals surface area contributed by atoms with E-state index in [1.165, 1.54) is 42.8 Å². The van der Waals surface area contributed by atoms with Gasteiger partial charge in [0.15, 0.2) is 11.5 Å². The Bertz CT molecular complexity index is 1430. The Morgan fingerprint density at radius 1 is 1.20 bits per heavy atom. The van der Waals surface area contributed by atoms with Crippen molar-refractivity contribution in [2.45, 2.75) is 19.1 Å². The van der Waals surface area contributed by atoms with E-state index in [0.29, 0.717) is 10.4 Å². The van der Waals surface area contributed by atoms with E-state index in [0.717, 1.165) is 17.0 Å². The maximum atomic E-state index is 13.4. The molecule has 1 aliphatic heterocycles. The van der Waals surface area contributed by atoms with Crippen molar-refractivity contribution in [2.24, 2.45) is 13.0 Å². The number of hydrogen-bond donors (Lipinski definition) is 1. The van der Waals surface area contributed by atoms with Crippen molar-refractivity contribution in [3.63, 3.8) is 0 Å². The van der Waals surface area contributed by atoms with Crippen molar-refractivity contribution in [1.29, 1.82) is 0 Å². The topological polar surface area (TPSA) is 113 Å². The van der Waals surface area contributed by atoms with E-state index in [2.05, 4.69) is 0 Å². The Morgan fingerprint density at radius 2 is 1.89 bits per heavy atom. The third kappa shape index (κ3) is 4.03. The van der Waals surface area contributed by atoms with Crippen molar-refractivity contribution < 1.29 is 37.1 Å². The highest BCUT2D eigenvalue weighted by Gasteiger charge is 2.46. The summed E-state index contributed by atoms with van der Waals surface area (Å²) in [5.74, 6) is -4.97. The Kier molecular flexibility index (Phi) is 5.87. The van der Waals surface area contributed by atoms with Crippen molar-refractivity contribution in [1.82, 2.24) is 9.47 Å². The molecule has 2 aromatic carbocycles. The van der Waals surface area contributed by atoms with Crippen molar-refractivity contribution in [2.75, 3.05) is 11.4 Å². The summed E-state index contributed by atoms with van der Waals surface area (Å²) in [4.78, 5) is 51.6. The Balaban J connectivity index is 1.80. The van der Waals surface area contributed by atoms with Crippen LogP contribution in [0.25, 0.3) is 11.1 Å². The molecule has 9 nitrogen and oxygen atoms in total. The molecule has 35 heavy (non-hydrogen) atoms. The predicted molar refractivity (Wildman–Crippen MR) is 117 cm³/mol. The third-order valence-electron chi connectivity index (χ3n) is 5.89. The average molecular weight is 512 g/mol. The highest BCUT2D eigenvalue weighted by atomic mass is 35.5. The van der Waals surface area contributed by atoms with Crippen molar-refractivity contribution >= 4 is 46.3 Å². The summed E-state index contributed by atoms with van der Waals surface area (Å²) in [6.07, 6.45) is -4.78. The first kappa shape index (κ1) is 24.3. The number of benzene rings is 2. The number of halogens is 4. The van der Waals surface area contributed by atoms with E-state index >= 15 is 0 Å². The maximum absolute atomic E-state index is 13.4. The Hall–Kier alpha value is -3.80. The molecule has 13 heteroatoms. The fraction of sp³-hybridized carbons (Fsp3) is 0.273. The number of anilines is 1. The number of hydrogen-bond acceptors (Lipinski definition) is 5. The van der Waals surface area contributed by atoms with Gasteiger partial charge in [-0.15, -0.1) is 0 Å². The van der Waals surface area contributed by atoms with Crippen LogP contribution in [0.3, 0.4) is 0 Å². The molecule has 1 N–H and O–H groups in total. The van der Waals surface area contributed by atoms with Gasteiger partial charge in [-0.3, -0.25) is 24.0 Å². The molecule has 0 spiro atoms. The molecule has 1 aromatic heterocycles. The van der Waals surface area contributed by atoms with E-state index < -0.39 is 58.9 Å². The van der Waals surface area contributed by atoms with Crippen LogP contribution in [0, 0.1) is 5.92 Å². The zero-order valence-electron chi connectivity index (χ0n) is 18.2. The molecule has 2 atom stereocenters. The molecule has 1 saturated heterocycles. The van der Waals surface area contributed by atoms with Gasteiger partial charge in [0, 0.05) is 18.8 Å². The molecule has 0 bridgehead atoms. The number of fused-ring (bicyclic) bond motifs is 1. The lowest BCUT2D eigenvalue weighted by molar-refractivity contribution is -0.150. The zero-order chi connectivity index (χ0) is 25.8. The molecule has 1 fully saturated rings. The van der Waals surface area contributed by atoms with Gasteiger partial charge in [0.1, 0.15) is 0 Å². The summed E-state index contributed by atoms with van der Waals surface area (Å²) in [6.45, 7) is 0.744. The quantitative estimate of drug-likeness (QED) is 0.529. The minimum absolute atomic E-state index is 0.118. The molecular weight excluding hydrogens is 495 g/mol. The predicted octanol–water partition coefficient (Wildman–Crippen LogP) is 4.03. The first-order valence-electron chi connectivity index (χ1n) is 10.2. The SMILES string of the molecule is CC(c1cccc(C(F)(F)F)c1Cl)N1C(=O)C(C(=O)O)CN(c2ccc3c(c2)oc(=O)n3C)C1=O. The van der Waals surface area contributed by atoms with Crippen LogP contribution in [-0.4, -0.2) is 39.0 Å². The zero-order valence-corrected chi connectivity index (χ0v) is 18.9. The molecular formula is C22H17ClF3N3O6. The normalized spacial score (nSPS) is 17.8. The van der Waals surface area contributed by atoms with E-state index in [4.69, 9.17) is 16.0 Å². The first-order chi connectivity index (χ1) is 16.3. The molecule has 2 heterocycles. The lowest BCUT2D eigenvalue weighted by Gasteiger charge is -2.40. The van der Waals surface area contributed by atoms with Crippen LogP contribution in [-0.2, 0) is 22.8 Å². The number of aliphatic carboxylic acids is 1. The molecule has 0 aliphatic carbocycles. The summed E-state index contributed by atoms with van der Waals surface area (Å²) < 4.78 is 46.4. The molecule has 3 amide bonds. The second-order valence-corrected chi connectivity index (χ2v) is 8.33. The molecule has 184 valence electrons. The second-order valence-electron chi connectivity index (χ2n) is 7.95. The van der Waals surface area contributed by atoms with Gasteiger partial charge in [-0.1, -0.05) is 23.7 Å². The number of alkyl halides is 3. The molecule has 0 radical (unpaired) electrons. The number of aromatic nitrogens is 1. The summed E-state index contributed by atoms with van der Waals surface area (Å²) >= 11 is 5.99. The van der Waals surface area contributed by atoms with Gasteiger partial charge >= 0.3 is 23.9 Å². The van der Waals surface area contributed by atoms with Crippen molar-refractivity contribution in [3.8, 4) is 0 Å². The summed E-state index contributed by atoms with van der Waals surface area (Å²) in [5.41, 5.74) is -0.680. The van der Waals surface area contributed by atoms with Gasteiger partial charge in [0.2, 0.25) is 5.91 Å². The number of carboxylic acids is 1. The fourth-order valence-corrected chi connectivity index (χ4v) is 4.40. The van der Waals surface area contributed by atoms with Gasteiger partial charge in [0.25, 0.3) is 0 Å². The lowest BCUT2D eigenvalue weighted by Crippen LogP contribution is -2.59. The number of amides is 3. The fourth-order valence-electron chi connectivity index (χ4n) is 4.01. The molecule has 3 aromatic rings. The number of nitrogens with zero attached hydrogens (tertiary/aromatic N) is 3. The minimum atomic E-state index is -4.78. The summed E-state index contributed by atoms with van der Waals surface area (Å²) in [7, 11) is 1.47. The number of rotatable bonds is 4. The van der Waals surface area contributed by atoms with E-state index in [-0.39, 0.29) is 16.8 Å². The van der Waals surface area contributed by atoms with Gasteiger partial charge in [0.05, 0.1) is 28.7 Å². The number of urea groups is 1. The van der Waals surface area contributed by atoms with Gasteiger partial charge in [-0.25, -0.2) is 9.59 Å². The number of oxazole rings is 1. The highest BCUT2D eigenvalue weighted by molar-refractivity contribution is 6.32. The lowest BCUT2D eigenvalue weighted by atomic mass is 9.98. The van der Waals surface area contributed by atoms with Crippen LogP contribution in [0.2, 0.25) is 5.02 Å². The highest BCUT2D eigenvalue weighted by Crippen LogP contribution is 2.40. The summed E-state index contributed by atoms with van der Waals surface area (Å²) in [5, 5.41) is 8.92. The Labute approximate surface area is 199 Å². The standard InChI is InChI=1S/C22H17ClF3N3O6/c1-10(12-4-3-5-14(17(12)23)22(24,25)26)29-18(30)13(19(31)32)9-28(20(29)33)11-6-7-15-16(8-11)35-21(34)27(15)2/h3-8,10,13H,9H2,1-2H3,(H,31,32). The van der Waals surface area contributed by atoms with Crippen LogP contribution in [0.4, 0.5) is 23.7 Å². The Morgan fingerprint density at radius 3 is 2.51 bits per heavy atom. The number of aryl methyl sites for hydroxylation is 1. The number of carbonyl (C=O) groups excluding carboxylic acids is 2. The van der Waals surface area contributed by atoms with E-state index in [1.807, 2.05) is 0 Å². The summed E-state index contributed by atoms with van der Waals surface area (Å²) in [6, 6.07) is 5.02. The van der Waals surface area contributed by atoms with Crippen LogP contribution < -0.4 is 10.7 Å². The van der Waals surface area contributed by atoms with Crippen LogP contribution in [0.5, 0.6) is 0 Å². The van der Waals surface area contributed by atoms with Gasteiger partial charge in [-0.05, 0) is 30.7 Å². The molecule has 2 unspecified atom stereocenters. The molecule has 0 saturated carbocycles. The third-order valence-corrected chi connectivity index (χ3v) is 6.32. The van der Waals surface area contributed by atoms with Crippen LogP contribution in [0.1, 0.15) is 24.1 Å². The van der Waals surface area contributed by atoms with Crippen LogP contribution >= 0.6 is 11.6 Å². The first-order valence-corrected chi connectivity index (χ1v) is 10.5. The second kappa shape index (κ2) is 8.45. The monoisotopic (exact) mass is 511 g/mol. The number of carbonyl (C=O) groups is 3. The van der Waals surface area contributed by atoms with Crippen LogP contribution in [0.15, 0.2) is 45.6 Å². The average Bonchev–Trinajstić information content (AvgIpc) is 3.05. The maximum Gasteiger partial charge on any atom is 0.419 e. The number of carboxylic acid groups (broad SMARTS) is 1. The van der Waals surface area contributed by atoms with E-state index in [1.54, 1.807) is 0 Å². The van der Waals surface area contributed by atoms with Gasteiger partial charge < -0.3 is 9.52 Å². The minimum Gasteiger partial charge on any atom is -0.481 e. The van der Waals surface area contributed by atoms with Gasteiger partial charge in [-0.2, -0.15) is 13.2 Å².